The summed E-state index contributed by atoms with van der Waals surface area (Å²) in [7, 11) is 0. The number of alkyl halides is 1. The van der Waals surface area contributed by atoms with Gasteiger partial charge in [0, 0.05) is 10.9 Å². The third-order valence-corrected chi connectivity index (χ3v) is 3.48. The molecule has 0 N–H and O–H groups in total. The summed E-state index contributed by atoms with van der Waals surface area (Å²) >= 11 is 3.41. The van der Waals surface area contributed by atoms with Gasteiger partial charge < -0.3 is 0 Å². The first-order valence-electron chi connectivity index (χ1n) is 4.99. The molecule has 88 valence electrons. The van der Waals surface area contributed by atoms with Crippen molar-refractivity contribution >= 4 is 21.6 Å². The molecule has 0 fully saturated rings. The Morgan fingerprint density at radius 2 is 2.12 bits per heavy atom. The van der Waals surface area contributed by atoms with Crippen molar-refractivity contribution in [2.45, 2.75) is 25.1 Å². The standard InChI is InChI=1S/C11H13BrFNO2/c1-7(8(2)12)6-9-4-3-5-10(11(9)13)14(15)16/h3-5,7-8H,6H2,1-2H3. The molecule has 2 unspecified atom stereocenters. The molecule has 1 aromatic rings. The maximum atomic E-state index is 13.7. The van der Waals surface area contributed by atoms with Gasteiger partial charge in [-0.25, -0.2) is 0 Å². The van der Waals surface area contributed by atoms with Crippen molar-refractivity contribution in [1.82, 2.24) is 0 Å². The first kappa shape index (κ1) is 13.1. The molecule has 0 saturated heterocycles. The van der Waals surface area contributed by atoms with Gasteiger partial charge in [-0.1, -0.05) is 41.9 Å². The molecule has 0 radical (unpaired) electrons. The van der Waals surface area contributed by atoms with Crippen molar-refractivity contribution in [2.24, 2.45) is 5.92 Å². The first-order chi connectivity index (χ1) is 7.43. The molecule has 16 heavy (non-hydrogen) atoms. The number of nitro benzene ring substituents is 1. The van der Waals surface area contributed by atoms with Crippen LogP contribution >= 0.6 is 15.9 Å². The van der Waals surface area contributed by atoms with E-state index in [0.717, 1.165) is 0 Å². The van der Waals surface area contributed by atoms with Gasteiger partial charge in [0.05, 0.1) is 4.92 Å². The van der Waals surface area contributed by atoms with E-state index in [1.165, 1.54) is 12.1 Å². The van der Waals surface area contributed by atoms with Crippen LogP contribution < -0.4 is 0 Å². The lowest BCUT2D eigenvalue weighted by Gasteiger charge is -2.14. The van der Waals surface area contributed by atoms with Crippen molar-refractivity contribution in [3.8, 4) is 0 Å². The Morgan fingerprint density at radius 3 is 2.62 bits per heavy atom. The summed E-state index contributed by atoms with van der Waals surface area (Å²) in [5, 5.41) is 10.5. The van der Waals surface area contributed by atoms with Crippen molar-refractivity contribution < 1.29 is 9.31 Å². The highest BCUT2D eigenvalue weighted by atomic mass is 79.9. The molecule has 0 aliphatic carbocycles. The van der Waals surface area contributed by atoms with Gasteiger partial charge in [0.25, 0.3) is 0 Å². The van der Waals surface area contributed by atoms with Gasteiger partial charge in [0.2, 0.25) is 5.82 Å². The highest BCUT2D eigenvalue weighted by Crippen LogP contribution is 2.24. The zero-order valence-corrected chi connectivity index (χ0v) is 10.7. The number of hydrogen-bond acceptors (Lipinski definition) is 2. The minimum atomic E-state index is -0.715. The minimum Gasteiger partial charge on any atom is -0.258 e. The molecule has 0 saturated carbocycles. The monoisotopic (exact) mass is 289 g/mol. The molecule has 0 heterocycles. The number of hydrogen-bond donors (Lipinski definition) is 0. The predicted octanol–water partition coefficient (Wildman–Crippen LogP) is 3.70. The normalized spacial score (nSPS) is 14.5. The molecule has 0 bridgehead atoms. The van der Waals surface area contributed by atoms with Gasteiger partial charge in [-0.3, -0.25) is 10.1 Å². The van der Waals surface area contributed by atoms with Gasteiger partial charge in [-0.05, 0) is 17.9 Å². The van der Waals surface area contributed by atoms with Crippen LogP contribution in [0.4, 0.5) is 10.1 Å². The second kappa shape index (κ2) is 5.39. The average molecular weight is 290 g/mol. The molecular formula is C11H13BrFNO2. The Hall–Kier alpha value is -0.970. The second-order valence-corrected chi connectivity index (χ2v) is 5.31. The molecule has 3 nitrogen and oxygen atoms in total. The average Bonchev–Trinajstić information content (AvgIpc) is 2.20. The zero-order chi connectivity index (χ0) is 12.3. The predicted molar refractivity (Wildman–Crippen MR) is 64.3 cm³/mol. The van der Waals surface area contributed by atoms with E-state index in [4.69, 9.17) is 0 Å². The second-order valence-electron chi connectivity index (χ2n) is 3.87. The van der Waals surface area contributed by atoms with E-state index in [9.17, 15) is 14.5 Å². The Bertz CT molecular complexity index is 396. The van der Waals surface area contributed by atoms with Crippen LogP contribution in [-0.4, -0.2) is 9.75 Å². The summed E-state index contributed by atoms with van der Waals surface area (Å²) in [6.07, 6.45) is 0.486. The van der Waals surface area contributed by atoms with E-state index < -0.39 is 16.4 Å². The van der Waals surface area contributed by atoms with Gasteiger partial charge in [-0.2, -0.15) is 4.39 Å². The van der Waals surface area contributed by atoms with Crippen LogP contribution in [0.15, 0.2) is 18.2 Å². The molecular weight excluding hydrogens is 277 g/mol. The Balaban J connectivity index is 2.98. The third-order valence-electron chi connectivity index (χ3n) is 2.58. The molecule has 1 aromatic carbocycles. The van der Waals surface area contributed by atoms with Crippen LogP contribution in [0, 0.1) is 21.8 Å². The maximum Gasteiger partial charge on any atom is 0.305 e. The molecule has 5 heteroatoms. The van der Waals surface area contributed by atoms with Gasteiger partial charge in [-0.15, -0.1) is 0 Å². The van der Waals surface area contributed by atoms with Crippen LogP contribution in [0.5, 0.6) is 0 Å². The van der Waals surface area contributed by atoms with Crippen LogP contribution in [0.2, 0.25) is 0 Å². The summed E-state index contributed by atoms with van der Waals surface area (Å²) in [5.41, 5.74) is -0.0556. The van der Waals surface area contributed by atoms with Crippen molar-refractivity contribution in [1.29, 1.82) is 0 Å². The van der Waals surface area contributed by atoms with Crippen LogP contribution in [0.1, 0.15) is 19.4 Å². The summed E-state index contributed by atoms with van der Waals surface area (Å²) < 4.78 is 13.7. The lowest BCUT2D eigenvalue weighted by atomic mass is 9.98. The summed E-state index contributed by atoms with van der Waals surface area (Å²) in [5.74, 6) is -0.496. The Labute approximate surface area is 102 Å². The van der Waals surface area contributed by atoms with Crippen LogP contribution in [-0.2, 0) is 6.42 Å². The summed E-state index contributed by atoms with van der Waals surface area (Å²) in [6, 6.07) is 4.29. The number of nitro groups is 1. The number of benzene rings is 1. The topological polar surface area (TPSA) is 43.1 Å². The minimum absolute atomic E-state index is 0.219. The fourth-order valence-corrected chi connectivity index (χ4v) is 1.56. The lowest BCUT2D eigenvalue weighted by Crippen LogP contribution is -2.11. The molecule has 0 spiro atoms. The highest BCUT2D eigenvalue weighted by molar-refractivity contribution is 9.09. The van der Waals surface area contributed by atoms with Crippen molar-refractivity contribution in [3.63, 3.8) is 0 Å². The molecule has 0 amide bonds. The summed E-state index contributed by atoms with van der Waals surface area (Å²) in [6.45, 7) is 3.94. The molecule has 0 aliphatic heterocycles. The van der Waals surface area contributed by atoms with E-state index in [1.807, 2.05) is 13.8 Å². The molecule has 0 aromatic heterocycles. The van der Waals surface area contributed by atoms with E-state index >= 15 is 0 Å². The number of rotatable bonds is 4. The van der Waals surface area contributed by atoms with Crippen molar-refractivity contribution in [2.75, 3.05) is 0 Å². The molecule has 1 rings (SSSR count). The highest BCUT2D eigenvalue weighted by Gasteiger charge is 2.19. The van der Waals surface area contributed by atoms with E-state index in [-0.39, 0.29) is 10.7 Å². The van der Waals surface area contributed by atoms with Crippen molar-refractivity contribution in [3.05, 3.63) is 39.7 Å². The smallest absolute Gasteiger partial charge is 0.258 e. The lowest BCUT2D eigenvalue weighted by molar-refractivity contribution is -0.387. The maximum absolute atomic E-state index is 13.7. The Kier molecular flexibility index (Phi) is 4.41. The summed E-state index contributed by atoms with van der Waals surface area (Å²) in [4.78, 5) is 10.1. The fourth-order valence-electron chi connectivity index (χ4n) is 1.37. The fraction of sp³-hybridized carbons (Fsp3) is 0.455. The largest absolute Gasteiger partial charge is 0.305 e. The molecule has 0 aliphatic rings. The van der Waals surface area contributed by atoms with E-state index in [1.54, 1.807) is 6.07 Å². The van der Waals surface area contributed by atoms with E-state index in [0.29, 0.717) is 12.0 Å². The zero-order valence-electron chi connectivity index (χ0n) is 9.11. The van der Waals surface area contributed by atoms with Gasteiger partial charge in [0.1, 0.15) is 0 Å². The van der Waals surface area contributed by atoms with Gasteiger partial charge in [0.15, 0.2) is 0 Å². The third kappa shape index (κ3) is 3.01. The molecule has 2 atom stereocenters. The van der Waals surface area contributed by atoms with E-state index in [2.05, 4.69) is 15.9 Å². The SMILES string of the molecule is CC(Br)C(C)Cc1cccc([N+](=O)[O-])c1F. The number of nitrogens with zero attached hydrogens (tertiary/aromatic N) is 1. The van der Waals surface area contributed by atoms with Crippen LogP contribution in [0.25, 0.3) is 0 Å². The first-order valence-corrected chi connectivity index (χ1v) is 5.91. The number of halogens is 2. The van der Waals surface area contributed by atoms with Crippen LogP contribution in [0.3, 0.4) is 0 Å². The Morgan fingerprint density at radius 1 is 1.50 bits per heavy atom. The van der Waals surface area contributed by atoms with Gasteiger partial charge >= 0.3 is 5.69 Å². The quantitative estimate of drug-likeness (QED) is 0.482.